The molecule has 14 heavy (non-hydrogen) atoms. The van der Waals surface area contributed by atoms with E-state index in [4.69, 9.17) is 0 Å². The van der Waals surface area contributed by atoms with Crippen LogP contribution in [0, 0.1) is 0 Å². The fraction of sp³-hybridized carbons (Fsp3) is 0.417. The van der Waals surface area contributed by atoms with Crippen LogP contribution in [0.2, 0.25) is 0 Å². The van der Waals surface area contributed by atoms with Crippen LogP contribution in [0.5, 0.6) is 0 Å². The van der Waals surface area contributed by atoms with Crippen molar-refractivity contribution in [2.45, 2.75) is 33.4 Å². The Morgan fingerprint density at radius 3 is 2.71 bits per heavy atom. The predicted molar refractivity (Wildman–Crippen MR) is 55.7 cm³/mol. The van der Waals surface area contributed by atoms with E-state index < -0.39 is 0 Å². The van der Waals surface area contributed by atoms with Gasteiger partial charge in [-0.15, -0.1) is 0 Å². The van der Waals surface area contributed by atoms with Crippen molar-refractivity contribution in [3.63, 3.8) is 0 Å². The Morgan fingerprint density at radius 2 is 2.07 bits per heavy atom. The quantitative estimate of drug-likeness (QED) is 0.662. The van der Waals surface area contributed by atoms with E-state index in [9.17, 15) is 4.79 Å². The molecule has 1 amide bonds. The van der Waals surface area contributed by atoms with Crippen LogP contribution in [-0.4, -0.2) is 10.8 Å². The van der Waals surface area contributed by atoms with E-state index in [1.54, 1.807) is 6.92 Å². The molecule has 1 aliphatic rings. The molecule has 0 aromatic heterocycles. The van der Waals surface area contributed by atoms with Gasteiger partial charge in [0.1, 0.15) is 0 Å². The van der Waals surface area contributed by atoms with Crippen LogP contribution in [0.25, 0.3) is 0 Å². The summed E-state index contributed by atoms with van der Waals surface area (Å²) in [5, 5.41) is 0. The number of rotatable bonds is 1. The molecule has 0 saturated carbocycles. The second-order valence-corrected chi connectivity index (χ2v) is 3.83. The van der Waals surface area contributed by atoms with Crippen molar-refractivity contribution in [2.24, 2.45) is 0 Å². The lowest BCUT2D eigenvalue weighted by molar-refractivity contribution is -0.129. The molecule has 1 aromatic rings. The number of carbonyl (C=O) groups is 1. The number of carbonyl (C=O) groups excluding carboxylic acids is 1. The summed E-state index contributed by atoms with van der Waals surface area (Å²) in [6, 6.07) is 6.53. The molecule has 0 unspecified atom stereocenters. The number of hydrogen-bond acceptors (Lipinski definition) is 1. The summed E-state index contributed by atoms with van der Waals surface area (Å²) in [5.41, 5.74) is 3.98. The molecule has 0 aliphatic carbocycles. The molecule has 0 N–H and O–H groups in total. The molecular formula is C12H15NO. The molecule has 0 bridgehead atoms. The minimum atomic E-state index is 0.166. The lowest BCUT2D eigenvalue weighted by Gasteiger charge is -2.10. The highest BCUT2D eigenvalue weighted by molar-refractivity contribution is 5.74. The van der Waals surface area contributed by atoms with E-state index in [1.165, 1.54) is 16.7 Å². The van der Waals surface area contributed by atoms with Gasteiger partial charge in [0.15, 0.2) is 0 Å². The second-order valence-electron chi connectivity index (χ2n) is 3.83. The maximum atomic E-state index is 11.2. The van der Waals surface area contributed by atoms with Gasteiger partial charge in [0.2, 0.25) is 5.91 Å². The minimum Gasteiger partial charge on any atom is -0.334 e. The summed E-state index contributed by atoms with van der Waals surface area (Å²) in [7, 11) is 0. The number of hydrogen-bond donors (Lipinski definition) is 0. The number of fused-ring (bicyclic) bond motifs is 1. The fourth-order valence-electron chi connectivity index (χ4n) is 1.89. The van der Waals surface area contributed by atoms with E-state index in [1.807, 2.05) is 4.90 Å². The van der Waals surface area contributed by atoms with Gasteiger partial charge in [0.05, 0.1) is 0 Å². The molecule has 0 fully saturated rings. The largest absolute Gasteiger partial charge is 0.334 e. The standard InChI is InChI=1S/C12H15NO/c1-3-10-4-5-11-7-13(9(2)14)8-12(11)6-10/h4-6H,3,7-8H2,1-2H3. The van der Waals surface area contributed by atoms with Crippen molar-refractivity contribution in [2.75, 3.05) is 0 Å². The van der Waals surface area contributed by atoms with Crippen LogP contribution in [0.4, 0.5) is 0 Å². The van der Waals surface area contributed by atoms with Gasteiger partial charge in [-0.1, -0.05) is 25.1 Å². The van der Waals surface area contributed by atoms with Crippen LogP contribution < -0.4 is 0 Å². The molecule has 0 spiro atoms. The van der Waals surface area contributed by atoms with Gasteiger partial charge >= 0.3 is 0 Å². The SMILES string of the molecule is CCc1ccc2c(c1)CN(C(C)=O)C2. The van der Waals surface area contributed by atoms with Gasteiger partial charge in [-0.25, -0.2) is 0 Å². The van der Waals surface area contributed by atoms with Crippen molar-refractivity contribution in [3.05, 3.63) is 34.9 Å². The van der Waals surface area contributed by atoms with Crippen LogP contribution >= 0.6 is 0 Å². The minimum absolute atomic E-state index is 0.166. The van der Waals surface area contributed by atoms with Crippen LogP contribution in [0.1, 0.15) is 30.5 Å². The maximum absolute atomic E-state index is 11.2. The van der Waals surface area contributed by atoms with Crippen molar-refractivity contribution < 1.29 is 4.79 Å². The predicted octanol–water partition coefficient (Wildman–Crippen LogP) is 2.11. The smallest absolute Gasteiger partial charge is 0.220 e. The molecule has 74 valence electrons. The van der Waals surface area contributed by atoms with E-state index in [2.05, 4.69) is 25.1 Å². The lowest BCUT2D eigenvalue weighted by Crippen LogP contribution is -2.21. The summed E-state index contributed by atoms with van der Waals surface area (Å²) >= 11 is 0. The molecule has 2 rings (SSSR count). The summed E-state index contributed by atoms with van der Waals surface area (Å²) in [4.78, 5) is 13.1. The van der Waals surface area contributed by atoms with Crippen LogP contribution in [-0.2, 0) is 24.3 Å². The Bertz CT molecular complexity index is 371. The Kier molecular flexibility index (Phi) is 2.28. The third kappa shape index (κ3) is 1.52. The van der Waals surface area contributed by atoms with Crippen molar-refractivity contribution in [3.8, 4) is 0 Å². The van der Waals surface area contributed by atoms with Gasteiger partial charge in [-0.3, -0.25) is 4.79 Å². The molecule has 2 heteroatoms. The first kappa shape index (κ1) is 9.25. The fourth-order valence-corrected chi connectivity index (χ4v) is 1.89. The van der Waals surface area contributed by atoms with E-state index in [0.29, 0.717) is 0 Å². The number of benzene rings is 1. The highest BCUT2D eigenvalue weighted by Crippen LogP contribution is 2.23. The molecule has 1 aromatic carbocycles. The monoisotopic (exact) mass is 189 g/mol. The molecule has 0 radical (unpaired) electrons. The zero-order chi connectivity index (χ0) is 10.1. The number of amides is 1. The Hall–Kier alpha value is -1.31. The third-order valence-corrected chi connectivity index (χ3v) is 2.85. The van der Waals surface area contributed by atoms with Crippen molar-refractivity contribution >= 4 is 5.91 Å². The van der Waals surface area contributed by atoms with E-state index in [0.717, 1.165) is 19.5 Å². The van der Waals surface area contributed by atoms with E-state index >= 15 is 0 Å². The van der Waals surface area contributed by atoms with Gasteiger partial charge in [0, 0.05) is 20.0 Å². The first-order valence-corrected chi connectivity index (χ1v) is 5.07. The molecular weight excluding hydrogens is 174 g/mol. The first-order chi connectivity index (χ1) is 6.70. The maximum Gasteiger partial charge on any atom is 0.220 e. The van der Waals surface area contributed by atoms with Gasteiger partial charge < -0.3 is 4.90 Å². The number of nitrogens with zero attached hydrogens (tertiary/aromatic N) is 1. The lowest BCUT2D eigenvalue weighted by atomic mass is 10.1. The summed E-state index contributed by atoms with van der Waals surface area (Å²) in [5.74, 6) is 0.166. The van der Waals surface area contributed by atoms with Crippen molar-refractivity contribution in [1.82, 2.24) is 4.90 Å². The Balaban J connectivity index is 2.27. The molecule has 0 atom stereocenters. The first-order valence-electron chi connectivity index (χ1n) is 5.07. The average Bonchev–Trinajstić information content (AvgIpc) is 2.59. The van der Waals surface area contributed by atoms with Crippen molar-refractivity contribution in [1.29, 1.82) is 0 Å². The molecule has 0 saturated heterocycles. The van der Waals surface area contributed by atoms with Crippen LogP contribution in [0.15, 0.2) is 18.2 Å². The zero-order valence-electron chi connectivity index (χ0n) is 8.71. The Labute approximate surface area is 84.5 Å². The zero-order valence-corrected chi connectivity index (χ0v) is 8.71. The number of aryl methyl sites for hydroxylation is 1. The molecule has 1 aliphatic heterocycles. The van der Waals surface area contributed by atoms with Crippen LogP contribution in [0.3, 0.4) is 0 Å². The molecule has 2 nitrogen and oxygen atoms in total. The molecule has 1 heterocycles. The third-order valence-electron chi connectivity index (χ3n) is 2.85. The average molecular weight is 189 g/mol. The highest BCUT2D eigenvalue weighted by Gasteiger charge is 2.20. The van der Waals surface area contributed by atoms with Gasteiger partial charge in [0.25, 0.3) is 0 Å². The van der Waals surface area contributed by atoms with Gasteiger partial charge in [-0.05, 0) is 23.1 Å². The topological polar surface area (TPSA) is 20.3 Å². The van der Waals surface area contributed by atoms with E-state index in [-0.39, 0.29) is 5.91 Å². The second kappa shape index (κ2) is 3.45. The Morgan fingerprint density at radius 1 is 1.36 bits per heavy atom. The highest BCUT2D eigenvalue weighted by atomic mass is 16.2. The van der Waals surface area contributed by atoms with Gasteiger partial charge in [-0.2, -0.15) is 0 Å². The summed E-state index contributed by atoms with van der Waals surface area (Å²) < 4.78 is 0. The summed E-state index contributed by atoms with van der Waals surface area (Å²) in [6.45, 7) is 5.36. The summed E-state index contributed by atoms with van der Waals surface area (Å²) in [6.07, 6.45) is 1.06. The normalized spacial score (nSPS) is 14.3.